The van der Waals surface area contributed by atoms with Gasteiger partial charge < -0.3 is 9.47 Å². The van der Waals surface area contributed by atoms with E-state index in [1.807, 2.05) is 13.8 Å². The molecule has 0 bridgehead atoms. The second-order valence-corrected chi connectivity index (χ2v) is 4.36. The van der Waals surface area contributed by atoms with Crippen molar-refractivity contribution < 1.29 is 19.1 Å². The Balaban J connectivity index is 3.25. The van der Waals surface area contributed by atoms with E-state index in [0.717, 1.165) is 38.5 Å². The molecule has 18 heavy (non-hydrogen) atoms. The minimum absolute atomic E-state index is 0.112. The molecule has 4 heteroatoms. The Bertz CT molecular complexity index is 202. The van der Waals surface area contributed by atoms with Crippen molar-refractivity contribution in [2.45, 2.75) is 65.2 Å². The van der Waals surface area contributed by atoms with Gasteiger partial charge in [-0.1, -0.05) is 26.7 Å². The fourth-order valence-corrected chi connectivity index (χ4v) is 1.47. The van der Waals surface area contributed by atoms with E-state index in [0.29, 0.717) is 26.1 Å². The van der Waals surface area contributed by atoms with Crippen LogP contribution in [0, 0.1) is 0 Å². The third kappa shape index (κ3) is 11.4. The van der Waals surface area contributed by atoms with Gasteiger partial charge in [0.05, 0.1) is 13.2 Å². The van der Waals surface area contributed by atoms with Crippen LogP contribution in [0.5, 0.6) is 0 Å². The number of carbonyl (C=O) groups is 2. The van der Waals surface area contributed by atoms with Gasteiger partial charge in [-0.3, -0.25) is 9.59 Å². The molecule has 0 saturated carbocycles. The lowest BCUT2D eigenvalue weighted by Gasteiger charge is -2.04. The van der Waals surface area contributed by atoms with Crippen LogP contribution in [-0.4, -0.2) is 25.2 Å². The molecule has 0 spiro atoms. The maximum atomic E-state index is 11.2. The quantitative estimate of drug-likeness (QED) is 0.422. The van der Waals surface area contributed by atoms with Crippen molar-refractivity contribution in [2.24, 2.45) is 0 Å². The van der Waals surface area contributed by atoms with Crippen LogP contribution >= 0.6 is 0 Å². The summed E-state index contributed by atoms with van der Waals surface area (Å²) in [7, 11) is 0. The molecule has 0 heterocycles. The number of carbonyl (C=O) groups excluding carboxylic acids is 2. The fraction of sp³-hybridized carbons (Fsp3) is 0.857. The largest absolute Gasteiger partial charge is 0.466 e. The topological polar surface area (TPSA) is 52.6 Å². The van der Waals surface area contributed by atoms with E-state index >= 15 is 0 Å². The van der Waals surface area contributed by atoms with Gasteiger partial charge in [-0.15, -0.1) is 0 Å². The Kier molecular flexibility index (Phi) is 11.7. The lowest BCUT2D eigenvalue weighted by atomic mass is 10.1. The summed E-state index contributed by atoms with van der Waals surface area (Å²) in [6, 6.07) is 0. The van der Waals surface area contributed by atoms with Gasteiger partial charge in [0.1, 0.15) is 0 Å². The third-order valence-corrected chi connectivity index (χ3v) is 2.45. The van der Waals surface area contributed by atoms with Crippen LogP contribution in [0.4, 0.5) is 0 Å². The van der Waals surface area contributed by atoms with Gasteiger partial charge in [0, 0.05) is 12.8 Å². The predicted molar refractivity (Wildman–Crippen MR) is 70.2 cm³/mol. The highest BCUT2D eigenvalue weighted by molar-refractivity contribution is 5.69. The fourth-order valence-electron chi connectivity index (χ4n) is 1.47. The second-order valence-electron chi connectivity index (χ2n) is 4.36. The zero-order valence-corrected chi connectivity index (χ0v) is 11.7. The summed E-state index contributed by atoms with van der Waals surface area (Å²) in [4.78, 5) is 22.3. The first-order valence-electron chi connectivity index (χ1n) is 7.02. The van der Waals surface area contributed by atoms with Crippen LogP contribution in [0.25, 0.3) is 0 Å². The molecule has 0 aliphatic heterocycles. The maximum absolute atomic E-state index is 11.2. The average molecular weight is 258 g/mol. The van der Waals surface area contributed by atoms with Gasteiger partial charge in [-0.05, 0) is 25.7 Å². The standard InChI is InChI=1S/C14H26O4/c1-3-11-17-13(15)9-7-5-6-8-10-14(16)18-12-4-2/h3-12H2,1-2H3. The molecule has 0 radical (unpaired) electrons. The lowest BCUT2D eigenvalue weighted by Crippen LogP contribution is -2.05. The molecule has 0 aliphatic rings. The highest BCUT2D eigenvalue weighted by atomic mass is 16.5. The van der Waals surface area contributed by atoms with E-state index in [9.17, 15) is 9.59 Å². The number of hydrogen-bond donors (Lipinski definition) is 0. The molecule has 0 rings (SSSR count). The molecule has 0 fully saturated rings. The van der Waals surface area contributed by atoms with E-state index in [-0.39, 0.29) is 11.9 Å². The van der Waals surface area contributed by atoms with Crippen LogP contribution in [0.1, 0.15) is 65.2 Å². The summed E-state index contributed by atoms with van der Waals surface area (Å²) in [6.45, 7) is 4.99. The SMILES string of the molecule is CCCOC(=O)CCCCCCC(=O)OCCC. The van der Waals surface area contributed by atoms with E-state index in [4.69, 9.17) is 9.47 Å². The minimum atomic E-state index is -0.112. The van der Waals surface area contributed by atoms with Crippen LogP contribution in [0.2, 0.25) is 0 Å². The van der Waals surface area contributed by atoms with Crippen molar-refractivity contribution in [2.75, 3.05) is 13.2 Å². The molecular weight excluding hydrogens is 232 g/mol. The van der Waals surface area contributed by atoms with Crippen molar-refractivity contribution in [3.8, 4) is 0 Å². The Morgan fingerprint density at radius 1 is 0.722 bits per heavy atom. The molecule has 4 nitrogen and oxygen atoms in total. The van der Waals surface area contributed by atoms with Gasteiger partial charge in [0.2, 0.25) is 0 Å². The maximum Gasteiger partial charge on any atom is 0.305 e. The van der Waals surface area contributed by atoms with Crippen molar-refractivity contribution in [1.29, 1.82) is 0 Å². The molecule has 0 unspecified atom stereocenters. The molecule has 0 aromatic rings. The zero-order chi connectivity index (χ0) is 13.6. The van der Waals surface area contributed by atoms with Crippen molar-refractivity contribution in [1.82, 2.24) is 0 Å². The monoisotopic (exact) mass is 258 g/mol. The van der Waals surface area contributed by atoms with Crippen molar-refractivity contribution in [3.63, 3.8) is 0 Å². The summed E-state index contributed by atoms with van der Waals surface area (Å²) in [6.07, 6.45) is 6.31. The molecule has 106 valence electrons. The number of ether oxygens (including phenoxy) is 2. The van der Waals surface area contributed by atoms with Gasteiger partial charge in [-0.25, -0.2) is 0 Å². The first-order valence-corrected chi connectivity index (χ1v) is 7.02. The molecule has 0 aromatic carbocycles. The summed E-state index contributed by atoms with van der Waals surface area (Å²) >= 11 is 0. The Hall–Kier alpha value is -1.06. The van der Waals surface area contributed by atoms with E-state index in [2.05, 4.69) is 0 Å². The van der Waals surface area contributed by atoms with Gasteiger partial charge >= 0.3 is 11.9 Å². The van der Waals surface area contributed by atoms with Crippen LogP contribution in [0.15, 0.2) is 0 Å². The van der Waals surface area contributed by atoms with Crippen LogP contribution in [-0.2, 0) is 19.1 Å². The molecular formula is C14H26O4. The number of rotatable bonds is 11. The normalized spacial score (nSPS) is 10.1. The zero-order valence-electron chi connectivity index (χ0n) is 11.7. The summed E-state index contributed by atoms with van der Waals surface area (Å²) in [5, 5.41) is 0. The Labute approximate surface area is 110 Å². The van der Waals surface area contributed by atoms with E-state index in [1.54, 1.807) is 0 Å². The number of unbranched alkanes of at least 4 members (excludes halogenated alkanes) is 3. The van der Waals surface area contributed by atoms with E-state index in [1.165, 1.54) is 0 Å². The van der Waals surface area contributed by atoms with Crippen LogP contribution in [0.3, 0.4) is 0 Å². The van der Waals surface area contributed by atoms with E-state index < -0.39 is 0 Å². The molecule has 0 aromatic heterocycles. The Morgan fingerprint density at radius 3 is 1.44 bits per heavy atom. The van der Waals surface area contributed by atoms with Gasteiger partial charge in [0.25, 0.3) is 0 Å². The highest BCUT2D eigenvalue weighted by Crippen LogP contribution is 2.07. The predicted octanol–water partition coefficient (Wildman–Crippen LogP) is 3.23. The molecule has 0 atom stereocenters. The lowest BCUT2D eigenvalue weighted by molar-refractivity contribution is -0.145. The molecule has 0 aliphatic carbocycles. The molecule has 0 N–H and O–H groups in total. The summed E-state index contributed by atoms with van der Waals surface area (Å²) in [5.41, 5.74) is 0. The number of esters is 2. The second kappa shape index (κ2) is 12.4. The average Bonchev–Trinajstić information content (AvgIpc) is 2.37. The molecule has 0 amide bonds. The first-order chi connectivity index (χ1) is 8.70. The highest BCUT2D eigenvalue weighted by Gasteiger charge is 2.03. The van der Waals surface area contributed by atoms with Crippen molar-refractivity contribution in [3.05, 3.63) is 0 Å². The molecule has 0 saturated heterocycles. The summed E-state index contributed by atoms with van der Waals surface area (Å²) < 4.78 is 9.93. The smallest absolute Gasteiger partial charge is 0.305 e. The van der Waals surface area contributed by atoms with Gasteiger partial charge in [0.15, 0.2) is 0 Å². The summed E-state index contributed by atoms with van der Waals surface area (Å²) in [5.74, 6) is -0.224. The third-order valence-electron chi connectivity index (χ3n) is 2.45. The number of hydrogen-bond acceptors (Lipinski definition) is 4. The van der Waals surface area contributed by atoms with Crippen molar-refractivity contribution >= 4 is 11.9 Å². The first kappa shape index (κ1) is 16.9. The van der Waals surface area contributed by atoms with Gasteiger partial charge in [-0.2, -0.15) is 0 Å². The van der Waals surface area contributed by atoms with Crippen LogP contribution < -0.4 is 0 Å². The Morgan fingerprint density at radius 2 is 1.11 bits per heavy atom. The minimum Gasteiger partial charge on any atom is -0.466 e.